The van der Waals surface area contributed by atoms with Crippen LogP contribution in [0, 0.1) is 5.92 Å². The average molecular weight is 525 g/mol. The fourth-order valence-electron chi connectivity index (χ4n) is 5.82. The van der Waals surface area contributed by atoms with Crippen molar-refractivity contribution in [2.45, 2.75) is 77.1 Å². The Balaban J connectivity index is 1.19. The first-order valence-electron chi connectivity index (χ1n) is 13.3. The van der Waals surface area contributed by atoms with Gasteiger partial charge in [0.1, 0.15) is 11.8 Å². The quantitative estimate of drug-likeness (QED) is 0.459. The van der Waals surface area contributed by atoms with Crippen molar-refractivity contribution < 1.29 is 23.1 Å². The zero-order chi connectivity index (χ0) is 27.0. The summed E-state index contributed by atoms with van der Waals surface area (Å²) in [6.45, 7) is 3.52. The molecule has 1 saturated heterocycles. The molecule has 5 unspecified atom stereocenters. The molecular weight excluding hydrogens is 490 g/mol. The molecule has 1 aromatic heterocycles. The summed E-state index contributed by atoms with van der Waals surface area (Å²) >= 11 is 0. The molecule has 0 bridgehead atoms. The summed E-state index contributed by atoms with van der Waals surface area (Å²) in [5.74, 6) is 0.437. The van der Waals surface area contributed by atoms with Gasteiger partial charge in [-0.3, -0.25) is 14.6 Å². The second-order valence-electron chi connectivity index (χ2n) is 10.6. The van der Waals surface area contributed by atoms with E-state index in [0.717, 1.165) is 36.1 Å². The molecule has 202 valence electrons. The standard InChI is InChI=1S/C29H34F2N4O3/c1-4-20(16(2)3)21-9-10-32-14-24(21)33-15-27(36)35-25-11-18(25)12-26(35)28(37)34-23-13-22(23)17-5-7-19(8-6-17)38-29(30)31/h5-10,14,18,22-23,25-26,29,33H,4,11-13,15H2,1-3H3,(H,34,37). The number of allylic oxidation sites excluding steroid dienone is 2. The SMILES string of the molecule is CCC(=C(C)C)c1ccncc1NCC(=O)N1C(C(=O)NC2CC2c2ccc(OC(F)F)cc2)CC2CC21. The number of amides is 2. The number of halogens is 2. The third kappa shape index (κ3) is 5.51. The Morgan fingerprint density at radius 3 is 2.58 bits per heavy atom. The third-order valence-corrected chi connectivity index (χ3v) is 7.88. The number of aromatic nitrogens is 1. The number of pyridine rings is 1. The molecule has 2 aromatic rings. The largest absolute Gasteiger partial charge is 0.435 e. The zero-order valence-electron chi connectivity index (χ0n) is 21.9. The number of nitrogens with one attached hydrogen (secondary N) is 2. The lowest BCUT2D eigenvalue weighted by atomic mass is 9.99. The van der Waals surface area contributed by atoms with E-state index < -0.39 is 12.7 Å². The smallest absolute Gasteiger partial charge is 0.387 e. The number of rotatable bonds is 10. The molecule has 38 heavy (non-hydrogen) atoms. The lowest BCUT2D eigenvalue weighted by molar-refractivity contribution is -0.138. The Hall–Kier alpha value is -3.49. The van der Waals surface area contributed by atoms with Crippen molar-refractivity contribution in [2.75, 3.05) is 11.9 Å². The van der Waals surface area contributed by atoms with Gasteiger partial charge in [-0.05, 0) is 74.8 Å². The molecule has 2 heterocycles. The summed E-state index contributed by atoms with van der Waals surface area (Å²) in [6, 6.07) is 8.16. The molecule has 5 atom stereocenters. The minimum Gasteiger partial charge on any atom is -0.435 e. The van der Waals surface area contributed by atoms with Crippen LogP contribution in [0.3, 0.4) is 0 Å². The second-order valence-corrected chi connectivity index (χ2v) is 10.6. The van der Waals surface area contributed by atoms with Gasteiger partial charge >= 0.3 is 6.61 Å². The zero-order valence-corrected chi connectivity index (χ0v) is 21.9. The number of piperidine rings is 1. The summed E-state index contributed by atoms with van der Waals surface area (Å²) in [7, 11) is 0. The predicted molar refractivity (Wildman–Crippen MR) is 141 cm³/mol. The molecule has 0 radical (unpaired) electrons. The van der Waals surface area contributed by atoms with Gasteiger partial charge in [0.25, 0.3) is 0 Å². The van der Waals surface area contributed by atoms with Gasteiger partial charge in [-0.1, -0.05) is 24.6 Å². The topological polar surface area (TPSA) is 83.6 Å². The van der Waals surface area contributed by atoms with Crippen LogP contribution in [0.5, 0.6) is 5.75 Å². The van der Waals surface area contributed by atoms with E-state index in [1.54, 1.807) is 29.4 Å². The Labute approximate surface area is 221 Å². The van der Waals surface area contributed by atoms with Crippen molar-refractivity contribution in [3.63, 3.8) is 0 Å². The first-order valence-corrected chi connectivity index (χ1v) is 13.3. The van der Waals surface area contributed by atoms with Crippen molar-refractivity contribution in [1.29, 1.82) is 0 Å². The van der Waals surface area contributed by atoms with Crippen LogP contribution in [0.2, 0.25) is 0 Å². The molecule has 3 fully saturated rings. The Morgan fingerprint density at radius 2 is 1.89 bits per heavy atom. The predicted octanol–water partition coefficient (Wildman–Crippen LogP) is 4.96. The number of ether oxygens (including phenoxy) is 1. The second kappa shape index (κ2) is 10.7. The highest BCUT2D eigenvalue weighted by Crippen LogP contribution is 2.48. The van der Waals surface area contributed by atoms with Gasteiger partial charge in [0.2, 0.25) is 11.8 Å². The van der Waals surface area contributed by atoms with Gasteiger partial charge in [0.15, 0.2) is 0 Å². The summed E-state index contributed by atoms with van der Waals surface area (Å²) in [5, 5.41) is 6.39. The highest BCUT2D eigenvalue weighted by Gasteiger charge is 2.56. The van der Waals surface area contributed by atoms with Crippen molar-refractivity contribution in [2.24, 2.45) is 5.92 Å². The monoisotopic (exact) mass is 524 g/mol. The van der Waals surface area contributed by atoms with Gasteiger partial charge in [-0.2, -0.15) is 8.78 Å². The van der Waals surface area contributed by atoms with Crippen LogP contribution < -0.4 is 15.4 Å². The Kier molecular flexibility index (Phi) is 7.36. The van der Waals surface area contributed by atoms with Gasteiger partial charge in [-0.15, -0.1) is 0 Å². The van der Waals surface area contributed by atoms with Crippen LogP contribution in [0.1, 0.15) is 63.5 Å². The molecule has 2 amide bonds. The molecule has 1 aliphatic heterocycles. The maximum atomic E-state index is 13.3. The van der Waals surface area contributed by atoms with Crippen molar-refractivity contribution >= 4 is 23.1 Å². The number of anilines is 1. The average Bonchev–Trinajstić information content (AvgIpc) is 3.80. The maximum Gasteiger partial charge on any atom is 0.387 e. The first-order chi connectivity index (χ1) is 18.3. The molecule has 3 aliphatic rings. The van der Waals surface area contributed by atoms with E-state index in [1.807, 2.05) is 6.07 Å². The van der Waals surface area contributed by atoms with Gasteiger partial charge < -0.3 is 20.3 Å². The number of carbonyl (C=O) groups excluding carboxylic acids is 2. The van der Waals surface area contributed by atoms with Crippen LogP contribution in [-0.2, 0) is 9.59 Å². The lowest BCUT2D eigenvalue weighted by Gasteiger charge is -2.27. The summed E-state index contributed by atoms with van der Waals surface area (Å²) in [4.78, 5) is 32.6. The molecule has 1 aromatic carbocycles. The van der Waals surface area contributed by atoms with Crippen molar-refractivity contribution in [1.82, 2.24) is 15.2 Å². The summed E-state index contributed by atoms with van der Waals surface area (Å²) in [6.07, 6.45) is 6.80. The third-order valence-electron chi connectivity index (χ3n) is 7.88. The number of hydrogen-bond donors (Lipinski definition) is 2. The number of benzene rings is 1. The van der Waals surface area contributed by atoms with Crippen LogP contribution in [0.15, 0.2) is 48.3 Å². The number of nitrogens with zero attached hydrogens (tertiary/aromatic N) is 2. The number of likely N-dealkylation sites (tertiary alicyclic amines) is 1. The van der Waals surface area contributed by atoms with Gasteiger partial charge in [0, 0.05) is 29.8 Å². The Morgan fingerprint density at radius 1 is 1.13 bits per heavy atom. The maximum absolute atomic E-state index is 13.3. The molecule has 2 aliphatic carbocycles. The molecule has 9 heteroatoms. The lowest BCUT2D eigenvalue weighted by Crippen LogP contribution is -2.50. The van der Waals surface area contributed by atoms with E-state index in [2.05, 4.69) is 41.1 Å². The number of hydrogen-bond acceptors (Lipinski definition) is 5. The molecule has 2 N–H and O–H groups in total. The molecule has 0 spiro atoms. The first kappa shape index (κ1) is 26.1. The number of carbonyl (C=O) groups is 2. The van der Waals surface area contributed by atoms with E-state index in [0.29, 0.717) is 12.3 Å². The normalized spacial score (nSPS) is 25.0. The summed E-state index contributed by atoms with van der Waals surface area (Å²) in [5.41, 5.74) is 5.28. The molecule has 5 rings (SSSR count). The molecule has 2 saturated carbocycles. The van der Waals surface area contributed by atoms with E-state index in [9.17, 15) is 18.4 Å². The van der Waals surface area contributed by atoms with Crippen LogP contribution in [0.4, 0.5) is 14.5 Å². The fourth-order valence-corrected chi connectivity index (χ4v) is 5.82. The number of alkyl halides is 2. The fraction of sp³-hybridized carbons (Fsp3) is 0.483. The van der Waals surface area contributed by atoms with Gasteiger partial charge in [-0.25, -0.2) is 0 Å². The van der Waals surface area contributed by atoms with Crippen molar-refractivity contribution in [3.8, 4) is 5.75 Å². The minimum atomic E-state index is -2.86. The Bertz CT molecular complexity index is 1230. The van der Waals surface area contributed by atoms with Crippen LogP contribution >= 0.6 is 0 Å². The molecule has 7 nitrogen and oxygen atoms in total. The van der Waals surface area contributed by atoms with E-state index in [1.165, 1.54) is 23.3 Å². The van der Waals surface area contributed by atoms with E-state index in [-0.39, 0.29) is 42.1 Å². The number of fused-ring (bicyclic) bond motifs is 1. The molecular formula is C29H34F2N4O3. The van der Waals surface area contributed by atoms with Crippen LogP contribution in [-0.4, -0.2) is 53.0 Å². The van der Waals surface area contributed by atoms with Crippen LogP contribution in [0.25, 0.3) is 5.57 Å². The van der Waals surface area contributed by atoms with Gasteiger partial charge in [0.05, 0.1) is 18.4 Å². The summed E-state index contributed by atoms with van der Waals surface area (Å²) < 4.78 is 29.2. The van der Waals surface area contributed by atoms with E-state index >= 15 is 0 Å². The highest BCUT2D eigenvalue weighted by molar-refractivity contribution is 5.91. The van der Waals surface area contributed by atoms with Crippen molar-refractivity contribution in [3.05, 3.63) is 59.4 Å². The highest BCUT2D eigenvalue weighted by atomic mass is 19.3. The van der Waals surface area contributed by atoms with E-state index in [4.69, 9.17) is 0 Å². The minimum absolute atomic E-state index is 0.0224.